The van der Waals surface area contributed by atoms with Gasteiger partial charge in [0.25, 0.3) is 0 Å². The molecule has 6 heteroatoms. The molecule has 1 fully saturated rings. The average Bonchev–Trinajstić information content (AvgIpc) is 2.91. The van der Waals surface area contributed by atoms with Gasteiger partial charge in [0.1, 0.15) is 0 Å². The van der Waals surface area contributed by atoms with Crippen LogP contribution in [0, 0.1) is 23.4 Å². The fourth-order valence-corrected chi connectivity index (χ4v) is 4.80. The van der Waals surface area contributed by atoms with Crippen LogP contribution in [-0.4, -0.2) is 12.6 Å². The molecule has 0 saturated heterocycles. The van der Waals surface area contributed by atoms with Crippen LogP contribution < -0.4 is 9.47 Å². The van der Waals surface area contributed by atoms with E-state index < -0.39 is 29.2 Å². The van der Waals surface area contributed by atoms with Gasteiger partial charge in [-0.05, 0) is 78.1 Å². The van der Waals surface area contributed by atoms with Crippen molar-refractivity contribution in [3.05, 3.63) is 83.2 Å². The van der Waals surface area contributed by atoms with Crippen LogP contribution in [0.4, 0.5) is 13.2 Å². The van der Waals surface area contributed by atoms with E-state index in [4.69, 9.17) is 9.47 Å². The van der Waals surface area contributed by atoms with Crippen molar-refractivity contribution in [2.45, 2.75) is 64.7 Å². The molecular weight excluding hydrogens is 477 g/mol. The first-order valence-corrected chi connectivity index (χ1v) is 13.1. The molecule has 1 aliphatic carbocycles. The Morgan fingerprint density at radius 3 is 2.19 bits per heavy atom. The monoisotopic (exact) mass is 510 g/mol. The molecule has 0 spiro atoms. The smallest absolute Gasteiger partial charge is 0.343 e. The van der Waals surface area contributed by atoms with Crippen LogP contribution in [0.2, 0.25) is 0 Å². The Kier molecular flexibility index (Phi) is 8.91. The minimum Gasteiger partial charge on any atom is -0.491 e. The summed E-state index contributed by atoms with van der Waals surface area (Å²) in [5, 5.41) is 0. The number of unbranched alkanes of at least 4 members (excludes halogenated alkanes) is 2. The molecule has 1 aliphatic rings. The first-order chi connectivity index (χ1) is 17.9. The number of carbonyl (C=O) groups is 1. The summed E-state index contributed by atoms with van der Waals surface area (Å²) in [6, 6.07) is 13.9. The summed E-state index contributed by atoms with van der Waals surface area (Å²) < 4.78 is 54.7. The number of ether oxygens (including phenoxy) is 2. The van der Waals surface area contributed by atoms with E-state index in [0.29, 0.717) is 29.2 Å². The first-order valence-electron chi connectivity index (χ1n) is 13.1. The SMILES string of the molecule is CCCCCOc1ccc(-c2ccc(C(=O)Oc3ccc(C4CCC(C)CC4)c(F)c3F)cc2)cc1F. The lowest BCUT2D eigenvalue weighted by molar-refractivity contribution is 0.0726. The highest BCUT2D eigenvalue weighted by atomic mass is 19.2. The molecule has 3 nitrogen and oxygen atoms in total. The predicted molar refractivity (Wildman–Crippen MR) is 139 cm³/mol. The number of hydrogen-bond acceptors (Lipinski definition) is 3. The molecule has 0 aliphatic heterocycles. The highest BCUT2D eigenvalue weighted by Gasteiger charge is 2.26. The molecule has 3 aromatic carbocycles. The Bertz CT molecular complexity index is 1220. The largest absolute Gasteiger partial charge is 0.491 e. The van der Waals surface area contributed by atoms with E-state index >= 15 is 0 Å². The maximum absolute atomic E-state index is 14.8. The Balaban J connectivity index is 1.41. The van der Waals surface area contributed by atoms with Gasteiger partial charge in [0.2, 0.25) is 5.82 Å². The molecule has 1 saturated carbocycles. The molecule has 0 heterocycles. The summed E-state index contributed by atoms with van der Waals surface area (Å²) in [5.41, 5.74) is 1.83. The van der Waals surface area contributed by atoms with Gasteiger partial charge in [-0.2, -0.15) is 4.39 Å². The third kappa shape index (κ3) is 6.54. The Hall–Kier alpha value is -3.28. The number of halogens is 3. The minimum absolute atomic E-state index is 0.0190. The maximum atomic E-state index is 14.8. The van der Waals surface area contributed by atoms with Crippen LogP contribution in [0.3, 0.4) is 0 Å². The van der Waals surface area contributed by atoms with Crippen molar-refractivity contribution >= 4 is 5.97 Å². The molecule has 0 N–H and O–H groups in total. The van der Waals surface area contributed by atoms with Gasteiger partial charge in [-0.25, -0.2) is 13.6 Å². The Morgan fingerprint density at radius 1 is 0.838 bits per heavy atom. The topological polar surface area (TPSA) is 35.5 Å². The zero-order valence-corrected chi connectivity index (χ0v) is 21.4. The van der Waals surface area contributed by atoms with Crippen LogP contribution in [0.1, 0.15) is 80.6 Å². The van der Waals surface area contributed by atoms with Crippen molar-refractivity contribution in [2.24, 2.45) is 5.92 Å². The van der Waals surface area contributed by atoms with Gasteiger partial charge in [0.05, 0.1) is 12.2 Å². The van der Waals surface area contributed by atoms with Gasteiger partial charge in [-0.15, -0.1) is 0 Å². The van der Waals surface area contributed by atoms with E-state index in [-0.39, 0.29) is 17.2 Å². The van der Waals surface area contributed by atoms with Crippen molar-refractivity contribution in [2.75, 3.05) is 6.61 Å². The third-order valence-electron chi connectivity index (χ3n) is 7.13. The van der Waals surface area contributed by atoms with Gasteiger partial charge in [-0.1, -0.05) is 63.8 Å². The zero-order chi connectivity index (χ0) is 26.4. The molecule has 0 aromatic heterocycles. The van der Waals surface area contributed by atoms with Gasteiger partial charge in [0, 0.05) is 0 Å². The van der Waals surface area contributed by atoms with E-state index in [9.17, 15) is 18.0 Å². The molecule has 0 radical (unpaired) electrons. The molecule has 0 atom stereocenters. The first kappa shape index (κ1) is 26.8. The summed E-state index contributed by atoms with van der Waals surface area (Å²) in [6.45, 7) is 4.73. The molecule has 0 bridgehead atoms. The summed E-state index contributed by atoms with van der Waals surface area (Å²) >= 11 is 0. The Morgan fingerprint density at radius 2 is 1.51 bits per heavy atom. The molecule has 0 unspecified atom stereocenters. The number of carbonyl (C=O) groups excluding carboxylic acids is 1. The molecule has 37 heavy (non-hydrogen) atoms. The average molecular weight is 511 g/mol. The second kappa shape index (κ2) is 12.3. The lowest BCUT2D eigenvalue weighted by Gasteiger charge is -2.27. The molecular formula is C31H33F3O3. The van der Waals surface area contributed by atoms with Crippen molar-refractivity contribution in [3.8, 4) is 22.6 Å². The van der Waals surface area contributed by atoms with Crippen molar-refractivity contribution < 1.29 is 27.4 Å². The lowest BCUT2D eigenvalue weighted by Crippen LogP contribution is -2.14. The highest BCUT2D eigenvalue weighted by molar-refractivity contribution is 5.91. The summed E-state index contributed by atoms with van der Waals surface area (Å²) in [6.07, 6.45) is 6.58. The standard InChI is InChI=1S/C31H33F3O3/c1-3-4-5-18-36-27-16-14-24(19-26(27)32)21-10-12-23(13-11-21)31(35)37-28-17-15-25(29(33)30(28)34)22-8-6-20(2)7-9-22/h10-17,19-20,22H,3-9,18H2,1-2H3. The Labute approximate surface area is 216 Å². The van der Waals surface area contributed by atoms with Crippen LogP contribution in [0.5, 0.6) is 11.5 Å². The summed E-state index contributed by atoms with van der Waals surface area (Å²) in [5.74, 6) is -2.99. The number of hydrogen-bond donors (Lipinski definition) is 0. The second-order valence-electron chi connectivity index (χ2n) is 9.91. The van der Waals surface area contributed by atoms with Gasteiger partial charge >= 0.3 is 5.97 Å². The van der Waals surface area contributed by atoms with E-state index in [0.717, 1.165) is 44.9 Å². The fraction of sp³-hybridized carbons (Fsp3) is 0.387. The fourth-order valence-electron chi connectivity index (χ4n) is 4.80. The summed E-state index contributed by atoms with van der Waals surface area (Å²) in [4.78, 5) is 12.6. The normalized spacial score (nSPS) is 17.4. The molecule has 3 aromatic rings. The van der Waals surface area contributed by atoms with E-state index in [1.807, 2.05) is 0 Å². The zero-order valence-electron chi connectivity index (χ0n) is 21.4. The molecule has 196 valence electrons. The number of esters is 1. The third-order valence-corrected chi connectivity index (χ3v) is 7.13. The lowest BCUT2D eigenvalue weighted by atomic mass is 9.79. The maximum Gasteiger partial charge on any atom is 0.343 e. The van der Waals surface area contributed by atoms with E-state index in [1.54, 1.807) is 24.3 Å². The van der Waals surface area contributed by atoms with Crippen LogP contribution in [-0.2, 0) is 0 Å². The highest BCUT2D eigenvalue weighted by Crippen LogP contribution is 2.38. The van der Waals surface area contributed by atoms with Crippen molar-refractivity contribution in [1.29, 1.82) is 0 Å². The van der Waals surface area contributed by atoms with Gasteiger partial charge in [-0.3, -0.25) is 0 Å². The quantitative estimate of drug-likeness (QED) is 0.164. The minimum atomic E-state index is -1.14. The number of rotatable bonds is 9. The van der Waals surface area contributed by atoms with Gasteiger partial charge < -0.3 is 9.47 Å². The van der Waals surface area contributed by atoms with E-state index in [1.165, 1.54) is 30.3 Å². The van der Waals surface area contributed by atoms with Gasteiger partial charge in [0.15, 0.2) is 23.1 Å². The second-order valence-corrected chi connectivity index (χ2v) is 9.91. The molecule has 4 rings (SSSR count). The van der Waals surface area contributed by atoms with E-state index in [2.05, 4.69) is 13.8 Å². The molecule has 0 amide bonds. The summed E-state index contributed by atoms with van der Waals surface area (Å²) in [7, 11) is 0. The van der Waals surface area contributed by atoms with Crippen LogP contribution >= 0.6 is 0 Å². The van der Waals surface area contributed by atoms with Crippen molar-refractivity contribution in [3.63, 3.8) is 0 Å². The van der Waals surface area contributed by atoms with Crippen LogP contribution in [0.25, 0.3) is 11.1 Å². The predicted octanol–water partition coefficient (Wildman–Crippen LogP) is 8.85. The van der Waals surface area contributed by atoms with Crippen molar-refractivity contribution in [1.82, 2.24) is 0 Å². The number of benzene rings is 3. The van der Waals surface area contributed by atoms with Crippen LogP contribution in [0.15, 0.2) is 54.6 Å².